The Morgan fingerprint density at radius 2 is 1.77 bits per heavy atom. The summed E-state index contributed by atoms with van der Waals surface area (Å²) in [6.45, 7) is 4.13. The second-order valence-electron chi connectivity index (χ2n) is 6.23. The van der Waals surface area contributed by atoms with Crippen LogP contribution in [0.1, 0.15) is 42.3 Å². The van der Waals surface area contributed by atoms with Crippen LogP contribution in [0.15, 0.2) is 77.4 Å². The zero-order valence-electron chi connectivity index (χ0n) is 15.1. The Morgan fingerprint density at radius 3 is 2.38 bits per heavy atom. The third-order valence-electron chi connectivity index (χ3n) is 4.39. The first-order chi connectivity index (χ1) is 12.7. The van der Waals surface area contributed by atoms with E-state index < -0.39 is 0 Å². The van der Waals surface area contributed by atoms with E-state index in [0.29, 0.717) is 11.3 Å². The number of nitrogens with one attached hydrogen (secondary N) is 1. The zero-order chi connectivity index (χ0) is 18.4. The largest absolute Gasteiger partial charge is 0.465 e. The van der Waals surface area contributed by atoms with Crippen LogP contribution in [0, 0.1) is 0 Å². The maximum absolute atomic E-state index is 13.0. The average Bonchev–Trinajstić information content (AvgIpc) is 3.20. The van der Waals surface area contributed by atoms with E-state index in [9.17, 15) is 4.79 Å². The first-order valence-corrected chi connectivity index (χ1v) is 8.87. The molecule has 1 N–H and O–H groups in total. The maximum Gasteiger partial charge on any atom is 0.252 e. The van der Waals surface area contributed by atoms with Crippen molar-refractivity contribution in [3.8, 4) is 0 Å². The molecule has 132 valence electrons. The molecule has 0 aliphatic heterocycles. The molecule has 3 aromatic rings. The fourth-order valence-electron chi connectivity index (χ4n) is 2.81. The summed E-state index contributed by atoms with van der Waals surface area (Å²) in [4.78, 5) is 13.0. The van der Waals surface area contributed by atoms with Gasteiger partial charge in [0.05, 0.1) is 17.9 Å². The lowest BCUT2D eigenvalue weighted by atomic mass is 10.0. The Balaban J connectivity index is 1.83. The third-order valence-corrected chi connectivity index (χ3v) is 4.39. The number of hydrogen-bond acceptors (Lipinski definition) is 2. The predicted octanol–water partition coefficient (Wildman–Crippen LogP) is 5.26. The number of furan rings is 1. The van der Waals surface area contributed by atoms with Gasteiger partial charge in [0.1, 0.15) is 5.76 Å². The zero-order valence-corrected chi connectivity index (χ0v) is 15.1. The van der Waals surface area contributed by atoms with E-state index in [-0.39, 0.29) is 11.9 Å². The van der Waals surface area contributed by atoms with Gasteiger partial charge in [0.15, 0.2) is 0 Å². The third kappa shape index (κ3) is 4.31. The summed E-state index contributed by atoms with van der Waals surface area (Å²) < 4.78 is 5.39. The summed E-state index contributed by atoms with van der Waals surface area (Å²) in [6.07, 6.45) is 4.38. The second kappa shape index (κ2) is 8.34. The second-order valence-corrected chi connectivity index (χ2v) is 6.23. The van der Waals surface area contributed by atoms with Gasteiger partial charge >= 0.3 is 0 Å². The molecular formula is C23H23NO2. The first kappa shape index (κ1) is 17.7. The van der Waals surface area contributed by atoms with Gasteiger partial charge in [-0.25, -0.2) is 0 Å². The molecule has 1 aromatic heterocycles. The summed E-state index contributed by atoms with van der Waals surface area (Å²) in [5.41, 5.74) is 3.81. The molecule has 0 fully saturated rings. The average molecular weight is 345 g/mol. The number of hydrogen-bond donors (Lipinski definition) is 1. The van der Waals surface area contributed by atoms with E-state index in [2.05, 4.69) is 36.5 Å². The minimum Gasteiger partial charge on any atom is -0.465 e. The van der Waals surface area contributed by atoms with Crippen molar-refractivity contribution < 1.29 is 9.21 Å². The van der Waals surface area contributed by atoms with Gasteiger partial charge in [0, 0.05) is 0 Å². The number of benzene rings is 2. The van der Waals surface area contributed by atoms with Gasteiger partial charge < -0.3 is 9.73 Å². The highest BCUT2D eigenvalue weighted by atomic mass is 16.3. The van der Waals surface area contributed by atoms with E-state index in [4.69, 9.17) is 4.42 Å². The van der Waals surface area contributed by atoms with Crippen LogP contribution in [0.4, 0.5) is 0 Å². The molecule has 3 rings (SSSR count). The van der Waals surface area contributed by atoms with E-state index in [0.717, 1.165) is 17.5 Å². The first-order valence-electron chi connectivity index (χ1n) is 8.87. The Kier molecular flexibility index (Phi) is 5.69. The van der Waals surface area contributed by atoms with Crippen LogP contribution in [0.5, 0.6) is 0 Å². The molecule has 2 aromatic carbocycles. The van der Waals surface area contributed by atoms with Gasteiger partial charge in [-0.05, 0) is 48.2 Å². The van der Waals surface area contributed by atoms with Gasteiger partial charge in [0.2, 0.25) is 0 Å². The molecule has 3 heteroatoms. The number of rotatable bonds is 6. The molecule has 3 nitrogen and oxygen atoms in total. The van der Waals surface area contributed by atoms with Crippen molar-refractivity contribution in [3.05, 3.63) is 95.4 Å². The number of amides is 1. The van der Waals surface area contributed by atoms with E-state index >= 15 is 0 Å². The number of aryl methyl sites for hydroxylation is 1. The monoisotopic (exact) mass is 345 g/mol. The van der Waals surface area contributed by atoms with Crippen LogP contribution in [0.2, 0.25) is 0 Å². The summed E-state index contributed by atoms with van der Waals surface area (Å²) >= 11 is 0. The summed E-state index contributed by atoms with van der Waals surface area (Å²) in [5, 5.41) is 3.10. The van der Waals surface area contributed by atoms with Gasteiger partial charge in [-0.2, -0.15) is 0 Å². The fourth-order valence-corrected chi connectivity index (χ4v) is 2.81. The van der Waals surface area contributed by atoms with E-state index in [1.165, 1.54) is 5.56 Å². The van der Waals surface area contributed by atoms with Crippen LogP contribution in [0.3, 0.4) is 0 Å². The predicted molar refractivity (Wildman–Crippen MR) is 105 cm³/mol. The molecule has 26 heavy (non-hydrogen) atoms. The topological polar surface area (TPSA) is 42.2 Å². The molecule has 0 bridgehead atoms. The molecule has 1 amide bonds. The normalized spacial score (nSPS) is 12.6. The molecule has 0 aliphatic carbocycles. The van der Waals surface area contributed by atoms with Crippen molar-refractivity contribution in [2.75, 3.05) is 0 Å². The summed E-state index contributed by atoms with van der Waals surface area (Å²) in [7, 11) is 0. The van der Waals surface area contributed by atoms with Crippen LogP contribution in [-0.2, 0) is 11.2 Å². The van der Waals surface area contributed by atoms with Gasteiger partial charge in [0.25, 0.3) is 5.91 Å². The molecule has 0 saturated carbocycles. The molecule has 0 aliphatic rings. The van der Waals surface area contributed by atoms with E-state index in [1.54, 1.807) is 12.3 Å². The van der Waals surface area contributed by atoms with Crippen molar-refractivity contribution in [1.29, 1.82) is 0 Å². The minimum atomic E-state index is -0.125. The highest BCUT2D eigenvalue weighted by Crippen LogP contribution is 2.21. The van der Waals surface area contributed by atoms with Crippen molar-refractivity contribution in [1.82, 2.24) is 5.32 Å². The minimum absolute atomic E-state index is 0.0860. The van der Waals surface area contributed by atoms with Crippen molar-refractivity contribution in [2.24, 2.45) is 0 Å². The highest BCUT2D eigenvalue weighted by Gasteiger charge is 2.16. The standard InChI is InChI=1S/C23H23NO2/c1-3-18-11-13-19(14-12-18)17(2)24-23(25)22(16-21-10-7-15-26-21)20-8-5-4-6-9-20/h4-17H,3H2,1-2H3,(H,24,25)/b22-16+/t17-/m1/s1. The Bertz CT molecular complexity index is 862. The molecule has 0 spiro atoms. The van der Waals surface area contributed by atoms with Gasteiger partial charge in [-0.1, -0.05) is 61.5 Å². The smallest absolute Gasteiger partial charge is 0.252 e. The van der Waals surface area contributed by atoms with Crippen LogP contribution < -0.4 is 5.32 Å². The summed E-state index contributed by atoms with van der Waals surface area (Å²) in [6, 6.07) is 21.5. The van der Waals surface area contributed by atoms with Gasteiger partial charge in [-0.15, -0.1) is 0 Å². The quantitative estimate of drug-likeness (QED) is 0.619. The van der Waals surface area contributed by atoms with Gasteiger partial charge in [-0.3, -0.25) is 4.79 Å². The lowest BCUT2D eigenvalue weighted by molar-refractivity contribution is -0.116. The fraction of sp³-hybridized carbons (Fsp3) is 0.174. The SMILES string of the molecule is CCc1ccc([C@@H](C)NC(=O)/C(=C/c2ccco2)c2ccccc2)cc1. The number of carbonyl (C=O) groups excluding carboxylic acids is 1. The lowest BCUT2D eigenvalue weighted by Crippen LogP contribution is -2.27. The summed E-state index contributed by atoms with van der Waals surface area (Å²) in [5.74, 6) is 0.527. The van der Waals surface area contributed by atoms with Crippen LogP contribution in [0.25, 0.3) is 11.6 Å². The van der Waals surface area contributed by atoms with Crippen molar-refractivity contribution in [3.63, 3.8) is 0 Å². The lowest BCUT2D eigenvalue weighted by Gasteiger charge is -2.16. The molecule has 0 unspecified atom stereocenters. The van der Waals surface area contributed by atoms with E-state index in [1.807, 2.05) is 49.4 Å². The molecule has 0 radical (unpaired) electrons. The molecular weight excluding hydrogens is 322 g/mol. The highest BCUT2D eigenvalue weighted by molar-refractivity contribution is 6.24. The van der Waals surface area contributed by atoms with Crippen LogP contribution in [-0.4, -0.2) is 5.91 Å². The Hall–Kier alpha value is -3.07. The van der Waals surface area contributed by atoms with Crippen molar-refractivity contribution >= 4 is 17.6 Å². The molecule has 0 saturated heterocycles. The van der Waals surface area contributed by atoms with Crippen LogP contribution >= 0.6 is 0 Å². The maximum atomic E-state index is 13.0. The Labute approximate surface area is 154 Å². The number of carbonyl (C=O) groups is 1. The molecule has 1 atom stereocenters. The van der Waals surface area contributed by atoms with Crippen molar-refractivity contribution in [2.45, 2.75) is 26.3 Å². The molecule has 1 heterocycles. The Morgan fingerprint density at radius 1 is 1.04 bits per heavy atom.